The summed E-state index contributed by atoms with van der Waals surface area (Å²) in [6.45, 7) is 2.67. The average molecular weight is 231 g/mol. The third kappa shape index (κ3) is 2.69. The summed E-state index contributed by atoms with van der Waals surface area (Å²) in [4.78, 5) is 26.8. The first-order valence-electron chi connectivity index (χ1n) is 5.36. The summed E-state index contributed by atoms with van der Waals surface area (Å²) < 4.78 is 3.05. The van der Waals surface area contributed by atoms with Crippen LogP contribution in [0.25, 0.3) is 0 Å². The Kier molecular flexibility index (Phi) is 3.18. The normalized spacial score (nSPS) is 10.4. The summed E-state index contributed by atoms with van der Waals surface area (Å²) in [6.07, 6.45) is 3.40. The van der Waals surface area contributed by atoms with E-state index in [4.69, 9.17) is 0 Å². The van der Waals surface area contributed by atoms with Crippen LogP contribution in [-0.2, 0) is 13.1 Å². The molecule has 5 nitrogen and oxygen atoms in total. The zero-order chi connectivity index (χ0) is 12.3. The van der Waals surface area contributed by atoms with Crippen LogP contribution in [0.3, 0.4) is 0 Å². The molecule has 2 heterocycles. The highest BCUT2D eigenvalue weighted by Crippen LogP contribution is 1.89. The molecule has 0 radical (unpaired) electrons. The fourth-order valence-electron chi connectivity index (χ4n) is 1.54. The molecule has 2 aromatic rings. The number of aryl methyl sites for hydroxylation is 3. The van der Waals surface area contributed by atoms with Gasteiger partial charge >= 0.3 is 5.69 Å². The summed E-state index contributed by atoms with van der Waals surface area (Å²) in [5.74, 6) is 0. The molecule has 0 unspecified atom stereocenters. The molecule has 0 amide bonds. The van der Waals surface area contributed by atoms with Gasteiger partial charge in [0.15, 0.2) is 0 Å². The Morgan fingerprint density at radius 1 is 1.06 bits per heavy atom. The van der Waals surface area contributed by atoms with Crippen molar-refractivity contribution in [2.75, 3.05) is 0 Å². The fraction of sp³-hybridized carbons (Fsp3) is 0.250. The molecule has 0 aliphatic heterocycles. The van der Waals surface area contributed by atoms with E-state index in [0.717, 1.165) is 0 Å². The van der Waals surface area contributed by atoms with Gasteiger partial charge in [-0.2, -0.15) is 4.98 Å². The van der Waals surface area contributed by atoms with E-state index in [9.17, 15) is 9.59 Å². The maximum atomic E-state index is 11.5. The van der Waals surface area contributed by atoms with E-state index in [1.165, 1.54) is 10.6 Å². The van der Waals surface area contributed by atoms with Gasteiger partial charge in [-0.1, -0.05) is 6.07 Å². The van der Waals surface area contributed by atoms with Gasteiger partial charge in [0.1, 0.15) is 0 Å². The van der Waals surface area contributed by atoms with E-state index < -0.39 is 0 Å². The molecule has 2 aromatic heterocycles. The van der Waals surface area contributed by atoms with E-state index >= 15 is 0 Å². The second-order valence-corrected chi connectivity index (χ2v) is 3.78. The van der Waals surface area contributed by atoms with Crippen LogP contribution in [-0.4, -0.2) is 14.1 Å². The Labute approximate surface area is 98.0 Å². The van der Waals surface area contributed by atoms with Crippen LogP contribution in [0, 0.1) is 6.92 Å². The quantitative estimate of drug-likeness (QED) is 0.769. The highest BCUT2D eigenvalue weighted by atomic mass is 16.1. The van der Waals surface area contributed by atoms with E-state index in [0.29, 0.717) is 18.8 Å². The summed E-state index contributed by atoms with van der Waals surface area (Å²) >= 11 is 0. The van der Waals surface area contributed by atoms with Crippen molar-refractivity contribution in [2.45, 2.75) is 20.0 Å². The molecule has 0 saturated carbocycles. The monoisotopic (exact) mass is 231 g/mol. The molecule has 88 valence electrons. The number of pyridine rings is 1. The minimum absolute atomic E-state index is 0.0689. The van der Waals surface area contributed by atoms with Crippen LogP contribution in [0.5, 0.6) is 0 Å². The Balaban J connectivity index is 2.16. The molecular formula is C12H13N3O2. The van der Waals surface area contributed by atoms with Crippen LogP contribution in [0.2, 0.25) is 0 Å². The standard InChI is InChI=1S/C12H13N3O2/c1-10-5-7-15(12(17)13-10)9-8-14-6-3-2-4-11(14)16/h2-7H,8-9H2,1H3. The third-order valence-corrected chi connectivity index (χ3v) is 2.49. The molecule has 0 aliphatic rings. The van der Waals surface area contributed by atoms with Gasteiger partial charge in [0.25, 0.3) is 5.56 Å². The van der Waals surface area contributed by atoms with Crippen molar-refractivity contribution in [1.29, 1.82) is 0 Å². The van der Waals surface area contributed by atoms with Crippen LogP contribution < -0.4 is 11.2 Å². The highest BCUT2D eigenvalue weighted by Gasteiger charge is 1.98. The molecule has 0 fully saturated rings. The van der Waals surface area contributed by atoms with Crippen LogP contribution in [0.1, 0.15) is 5.69 Å². The number of hydrogen-bond acceptors (Lipinski definition) is 3. The maximum absolute atomic E-state index is 11.5. The zero-order valence-corrected chi connectivity index (χ0v) is 9.54. The minimum atomic E-state index is -0.283. The summed E-state index contributed by atoms with van der Waals surface area (Å²) in [5, 5.41) is 0. The van der Waals surface area contributed by atoms with E-state index in [2.05, 4.69) is 4.98 Å². The molecule has 0 atom stereocenters. The second-order valence-electron chi connectivity index (χ2n) is 3.78. The third-order valence-electron chi connectivity index (χ3n) is 2.49. The molecule has 0 saturated heterocycles. The van der Waals surface area contributed by atoms with E-state index in [-0.39, 0.29) is 11.2 Å². The van der Waals surface area contributed by atoms with Gasteiger partial charge in [-0.15, -0.1) is 0 Å². The SMILES string of the molecule is Cc1ccn(CCn2ccccc2=O)c(=O)n1. The number of nitrogens with zero attached hydrogens (tertiary/aromatic N) is 3. The first-order valence-corrected chi connectivity index (χ1v) is 5.36. The van der Waals surface area contributed by atoms with Gasteiger partial charge in [0, 0.05) is 37.2 Å². The Hall–Kier alpha value is -2.17. The van der Waals surface area contributed by atoms with Crippen molar-refractivity contribution >= 4 is 0 Å². The van der Waals surface area contributed by atoms with Gasteiger partial charge in [0.2, 0.25) is 0 Å². The lowest BCUT2D eigenvalue weighted by atomic mass is 10.4. The van der Waals surface area contributed by atoms with Crippen LogP contribution in [0.4, 0.5) is 0 Å². The van der Waals surface area contributed by atoms with Gasteiger partial charge in [-0.05, 0) is 19.1 Å². The lowest BCUT2D eigenvalue weighted by molar-refractivity contribution is 0.543. The number of hydrogen-bond donors (Lipinski definition) is 0. The maximum Gasteiger partial charge on any atom is 0.347 e. The summed E-state index contributed by atoms with van der Waals surface area (Å²) in [6, 6.07) is 6.75. The van der Waals surface area contributed by atoms with Gasteiger partial charge in [-0.25, -0.2) is 4.79 Å². The molecule has 5 heteroatoms. The second kappa shape index (κ2) is 4.78. The van der Waals surface area contributed by atoms with E-state index in [1.54, 1.807) is 42.1 Å². The van der Waals surface area contributed by atoms with Crippen molar-refractivity contribution < 1.29 is 0 Å². The average Bonchev–Trinajstić information content (AvgIpc) is 2.30. The molecule has 2 rings (SSSR count). The smallest absolute Gasteiger partial charge is 0.314 e. The molecule has 0 aliphatic carbocycles. The van der Waals surface area contributed by atoms with Gasteiger partial charge < -0.3 is 4.57 Å². The van der Waals surface area contributed by atoms with Gasteiger partial charge in [0.05, 0.1) is 0 Å². The first kappa shape index (κ1) is 11.3. The number of rotatable bonds is 3. The zero-order valence-electron chi connectivity index (χ0n) is 9.54. The molecule has 0 bridgehead atoms. The Morgan fingerprint density at radius 2 is 1.82 bits per heavy atom. The summed E-state index contributed by atoms with van der Waals surface area (Å²) in [7, 11) is 0. The summed E-state index contributed by atoms with van der Waals surface area (Å²) in [5.41, 5.74) is 0.345. The van der Waals surface area contributed by atoms with Crippen molar-refractivity contribution in [3.05, 3.63) is 63.2 Å². The molecule has 0 spiro atoms. The Morgan fingerprint density at radius 3 is 2.53 bits per heavy atom. The molecule has 0 N–H and O–H groups in total. The predicted octanol–water partition coefficient (Wildman–Crippen LogP) is 0.414. The Bertz CT molecular complexity index is 628. The van der Waals surface area contributed by atoms with Gasteiger partial charge in [-0.3, -0.25) is 9.36 Å². The van der Waals surface area contributed by atoms with Crippen molar-refractivity contribution in [3.8, 4) is 0 Å². The molecule has 0 aromatic carbocycles. The minimum Gasteiger partial charge on any atom is -0.314 e. The largest absolute Gasteiger partial charge is 0.347 e. The van der Waals surface area contributed by atoms with Crippen LogP contribution in [0.15, 0.2) is 46.2 Å². The first-order chi connectivity index (χ1) is 8.16. The molecule has 17 heavy (non-hydrogen) atoms. The van der Waals surface area contributed by atoms with Crippen molar-refractivity contribution in [3.63, 3.8) is 0 Å². The lowest BCUT2D eigenvalue weighted by Gasteiger charge is -2.07. The van der Waals surface area contributed by atoms with Crippen molar-refractivity contribution in [2.24, 2.45) is 0 Å². The van der Waals surface area contributed by atoms with Crippen molar-refractivity contribution in [1.82, 2.24) is 14.1 Å². The molecular weight excluding hydrogens is 218 g/mol. The fourth-order valence-corrected chi connectivity index (χ4v) is 1.54. The number of aromatic nitrogens is 3. The topological polar surface area (TPSA) is 56.9 Å². The highest BCUT2D eigenvalue weighted by molar-refractivity contribution is 4.96. The lowest BCUT2D eigenvalue weighted by Crippen LogP contribution is -2.27. The van der Waals surface area contributed by atoms with Crippen LogP contribution >= 0.6 is 0 Å². The predicted molar refractivity (Wildman–Crippen MR) is 63.9 cm³/mol. The van der Waals surface area contributed by atoms with E-state index in [1.807, 2.05) is 0 Å².